The fraction of sp³-hybridized carbons (Fsp3) is 0.588. The number of hydrogen-bond donors (Lipinski definition) is 1. The minimum atomic E-state index is -0.391. The Labute approximate surface area is 142 Å². The zero-order valence-electron chi connectivity index (χ0n) is 13.3. The molecule has 2 bridgehead atoms. The first-order valence-electron chi connectivity index (χ1n) is 8.02. The van der Waals surface area contributed by atoms with E-state index in [4.69, 9.17) is 4.74 Å². The summed E-state index contributed by atoms with van der Waals surface area (Å²) < 4.78 is 18.8. The predicted octanol–water partition coefficient (Wildman–Crippen LogP) is 2.76. The van der Waals surface area contributed by atoms with Crippen LogP contribution in [0.25, 0.3) is 0 Å². The van der Waals surface area contributed by atoms with Crippen molar-refractivity contribution < 1.29 is 13.9 Å². The van der Waals surface area contributed by atoms with Crippen LogP contribution in [0.2, 0.25) is 0 Å². The zero-order valence-corrected chi connectivity index (χ0v) is 14.2. The molecule has 1 aromatic rings. The van der Waals surface area contributed by atoms with Gasteiger partial charge in [-0.15, -0.1) is 12.4 Å². The second kappa shape index (κ2) is 7.97. The van der Waals surface area contributed by atoms with E-state index < -0.39 is 5.82 Å². The van der Waals surface area contributed by atoms with Crippen molar-refractivity contribution in [2.75, 3.05) is 13.7 Å². The van der Waals surface area contributed by atoms with Crippen LogP contribution in [0, 0.1) is 5.82 Å². The number of rotatable bonds is 5. The van der Waals surface area contributed by atoms with Crippen molar-refractivity contribution in [3.8, 4) is 5.75 Å². The topological polar surface area (TPSA) is 41.6 Å². The highest BCUT2D eigenvalue weighted by molar-refractivity contribution is 5.85. The first kappa shape index (κ1) is 18.0. The summed E-state index contributed by atoms with van der Waals surface area (Å²) in [6.07, 6.45) is 4.79. The number of fused-ring (bicyclic) bond motifs is 2. The van der Waals surface area contributed by atoms with Crippen molar-refractivity contribution in [1.29, 1.82) is 0 Å². The molecule has 0 saturated carbocycles. The monoisotopic (exact) mass is 342 g/mol. The van der Waals surface area contributed by atoms with Gasteiger partial charge in [0.2, 0.25) is 5.91 Å². The third-order valence-corrected chi connectivity index (χ3v) is 4.80. The van der Waals surface area contributed by atoms with Crippen molar-refractivity contribution in [3.05, 3.63) is 30.1 Å². The Balaban J connectivity index is 0.00000192. The average Bonchev–Trinajstić information content (AvgIpc) is 2.86. The molecule has 0 aliphatic carbocycles. The first-order valence-corrected chi connectivity index (χ1v) is 8.02. The van der Waals surface area contributed by atoms with Crippen molar-refractivity contribution in [1.82, 2.24) is 10.2 Å². The SMILES string of the molecule is CN(C(=O)CCOc1ccccc1F)C1CC2CCC(C1)N2.Cl. The minimum absolute atomic E-state index is 0. The second-order valence-electron chi connectivity index (χ2n) is 6.30. The van der Waals surface area contributed by atoms with Crippen molar-refractivity contribution in [2.24, 2.45) is 0 Å². The molecule has 6 heteroatoms. The number of nitrogens with one attached hydrogen (secondary N) is 1. The van der Waals surface area contributed by atoms with Gasteiger partial charge in [0.1, 0.15) is 0 Å². The quantitative estimate of drug-likeness (QED) is 0.894. The maximum Gasteiger partial charge on any atom is 0.225 e. The van der Waals surface area contributed by atoms with Gasteiger partial charge in [0, 0.05) is 25.2 Å². The summed E-state index contributed by atoms with van der Waals surface area (Å²) in [5, 5.41) is 3.58. The van der Waals surface area contributed by atoms with E-state index >= 15 is 0 Å². The van der Waals surface area contributed by atoms with Gasteiger partial charge in [-0.05, 0) is 37.8 Å². The Morgan fingerprint density at radius 1 is 1.30 bits per heavy atom. The number of amides is 1. The summed E-state index contributed by atoms with van der Waals surface area (Å²) in [6.45, 7) is 0.210. The number of halogens is 2. The Morgan fingerprint density at radius 2 is 1.96 bits per heavy atom. The Kier molecular flexibility index (Phi) is 6.25. The Bertz CT molecular complexity index is 531. The summed E-state index contributed by atoms with van der Waals surface area (Å²) in [5.41, 5.74) is 0. The van der Waals surface area contributed by atoms with Gasteiger partial charge in [0.15, 0.2) is 11.6 Å². The lowest BCUT2D eigenvalue weighted by Crippen LogP contribution is -2.48. The van der Waals surface area contributed by atoms with Gasteiger partial charge in [-0.25, -0.2) is 4.39 Å². The lowest BCUT2D eigenvalue weighted by atomic mass is 9.98. The normalized spacial score (nSPS) is 25.6. The van der Waals surface area contributed by atoms with Crippen LogP contribution >= 0.6 is 12.4 Å². The average molecular weight is 343 g/mol. The van der Waals surface area contributed by atoms with Gasteiger partial charge in [-0.2, -0.15) is 0 Å². The summed E-state index contributed by atoms with van der Waals surface area (Å²) in [7, 11) is 1.88. The van der Waals surface area contributed by atoms with Crippen molar-refractivity contribution in [3.63, 3.8) is 0 Å². The van der Waals surface area contributed by atoms with E-state index in [0.29, 0.717) is 18.1 Å². The van der Waals surface area contributed by atoms with Crippen LogP contribution in [0.4, 0.5) is 4.39 Å². The summed E-state index contributed by atoms with van der Waals surface area (Å²) in [6, 6.07) is 7.72. The number of carbonyl (C=O) groups excluding carboxylic acids is 1. The van der Waals surface area contributed by atoms with Crippen LogP contribution in [-0.2, 0) is 4.79 Å². The molecule has 1 N–H and O–H groups in total. The van der Waals surface area contributed by atoms with Gasteiger partial charge in [0.05, 0.1) is 13.0 Å². The van der Waals surface area contributed by atoms with E-state index in [0.717, 1.165) is 12.8 Å². The lowest BCUT2D eigenvalue weighted by molar-refractivity contribution is -0.133. The molecule has 4 nitrogen and oxygen atoms in total. The maximum atomic E-state index is 13.4. The number of nitrogens with zero attached hydrogens (tertiary/aromatic N) is 1. The van der Waals surface area contributed by atoms with E-state index in [9.17, 15) is 9.18 Å². The highest BCUT2D eigenvalue weighted by atomic mass is 35.5. The molecule has 0 spiro atoms. The van der Waals surface area contributed by atoms with Crippen LogP contribution in [0.3, 0.4) is 0 Å². The van der Waals surface area contributed by atoms with Crippen LogP contribution in [0.1, 0.15) is 32.1 Å². The van der Waals surface area contributed by atoms with E-state index in [1.165, 1.54) is 18.9 Å². The molecule has 2 atom stereocenters. The van der Waals surface area contributed by atoms with Gasteiger partial charge in [-0.1, -0.05) is 12.1 Å². The summed E-state index contributed by atoms with van der Waals surface area (Å²) in [5.74, 6) is -0.112. The number of para-hydroxylation sites is 1. The molecule has 1 amide bonds. The fourth-order valence-corrected chi connectivity index (χ4v) is 3.53. The van der Waals surface area contributed by atoms with Gasteiger partial charge in [0.25, 0.3) is 0 Å². The number of piperidine rings is 1. The molecule has 0 aromatic heterocycles. The van der Waals surface area contributed by atoms with Gasteiger partial charge >= 0.3 is 0 Å². The van der Waals surface area contributed by atoms with Crippen LogP contribution in [0.15, 0.2) is 24.3 Å². The van der Waals surface area contributed by atoms with E-state index in [-0.39, 0.29) is 37.1 Å². The molecule has 2 saturated heterocycles. The van der Waals surface area contributed by atoms with Crippen molar-refractivity contribution >= 4 is 18.3 Å². The number of carbonyl (C=O) groups is 1. The highest BCUT2D eigenvalue weighted by Gasteiger charge is 2.36. The standard InChI is InChI=1S/C17H23FN2O2.ClH/c1-20(14-10-12-6-7-13(11-14)19-12)17(21)8-9-22-16-5-3-2-4-15(16)18;/h2-5,12-14,19H,6-11H2,1H3;1H. The third-order valence-electron chi connectivity index (χ3n) is 4.80. The number of ether oxygens (including phenoxy) is 1. The molecule has 2 unspecified atom stereocenters. The minimum Gasteiger partial charge on any atom is -0.490 e. The number of benzene rings is 1. The molecule has 2 aliphatic heterocycles. The molecule has 2 aliphatic rings. The molecule has 3 rings (SSSR count). The van der Waals surface area contributed by atoms with Crippen LogP contribution in [0.5, 0.6) is 5.75 Å². The smallest absolute Gasteiger partial charge is 0.225 e. The number of hydrogen-bond acceptors (Lipinski definition) is 3. The van der Waals surface area contributed by atoms with E-state index in [2.05, 4.69) is 5.32 Å². The Hall–Kier alpha value is -1.33. The third kappa shape index (κ3) is 4.36. The van der Waals surface area contributed by atoms with E-state index in [1.54, 1.807) is 18.2 Å². The van der Waals surface area contributed by atoms with Crippen LogP contribution in [-0.4, -0.2) is 42.6 Å². The molecule has 128 valence electrons. The molecule has 1 aromatic carbocycles. The Morgan fingerprint density at radius 3 is 2.61 bits per heavy atom. The fourth-order valence-electron chi connectivity index (χ4n) is 3.53. The molecule has 0 radical (unpaired) electrons. The largest absolute Gasteiger partial charge is 0.490 e. The molecule has 2 fully saturated rings. The van der Waals surface area contributed by atoms with E-state index in [1.807, 2.05) is 11.9 Å². The van der Waals surface area contributed by atoms with Gasteiger partial charge in [-0.3, -0.25) is 4.79 Å². The first-order chi connectivity index (χ1) is 10.6. The molecule has 23 heavy (non-hydrogen) atoms. The second-order valence-corrected chi connectivity index (χ2v) is 6.30. The highest BCUT2D eigenvalue weighted by Crippen LogP contribution is 2.29. The molecule has 2 heterocycles. The molecular formula is C17H24ClFN2O2. The zero-order chi connectivity index (χ0) is 15.5. The van der Waals surface area contributed by atoms with Crippen LogP contribution < -0.4 is 10.1 Å². The van der Waals surface area contributed by atoms with Crippen molar-refractivity contribution in [2.45, 2.75) is 50.2 Å². The predicted molar refractivity (Wildman–Crippen MR) is 89.5 cm³/mol. The maximum absolute atomic E-state index is 13.4. The van der Waals surface area contributed by atoms with Gasteiger partial charge < -0.3 is 15.0 Å². The lowest BCUT2D eigenvalue weighted by Gasteiger charge is -2.35. The summed E-state index contributed by atoms with van der Waals surface area (Å²) in [4.78, 5) is 14.1. The summed E-state index contributed by atoms with van der Waals surface area (Å²) >= 11 is 0. The molecular weight excluding hydrogens is 319 g/mol.